The minimum Gasteiger partial charge on any atom is -0.481 e. The number of aromatic amines is 1. The van der Waals surface area contributed by atoms with Crippen molar-refractivity contribution in [3.63, 3.8) is 0 Å². The van der Waals surface area contributed by atoms with Gasteiger partial charge in [-0.1, -0.05) is 30.3 Å². The van der Waals surface area contributed by atoms with E-state index in [4.69, 9.17) is 5.11 Å². The first-order valence-electron chi connectivity index (χ1n) is 9.45. The third-order valence-corrected chi connectivity index (χ3v) is 5.00. The van der Waals surface area contributed by atoms with Crippen molar-refractivity contribution < 1.29 is 14.7 Å². The molecule has 2 unspecified atom stereocenters. The van der Waals surface area contributed by atoms with Gasteiger partial charge in [0.2, 0.25) is 0 Å². The van der Waals surface area contributed by atoms with E-state index >= 15 is 0 Å². The highest BCUT2D eigenvalue weighted by Gasteiger charge is 2.30. The lowest BCUT2D eigenvalue weighted by molar-refractivity contribution is -0.137. The number of hydrogen-bond acceptors (Lipinski definition) is 3. The Morgan fingerprint density at radius 1 is 1.26 bits per heavy atom. The van der Waals surface area contributed by atoms with Gasteiger partial charge in [-0.3, -0.25) is 9.89 Å². The molecule has 1 saturated heterocycles. The van der Waals surface area contributed by atoms with E-state index in [1.54, 1.807) is 6.20 Å². The number of rotatable bonds is 7. The van der Waals surface area contributed by atoms with Gasteiger partial charge in [-0.25, -0.2) is 4.79 Å². The molecule has 1 aliphatic rings. The van der Waals surface area contributed by atoms with Gasteiger partial charge < -0.3 is 15.3 Å². The first-order chi connectivity index (χ1) is 13.1. The largest absolute Gasteiger partial charge is 0.481 e. The Labute approximate surface area is 158 Å². The number of H-pyrrole nitrogens is 1. The van der Waals surface area contributed by atoms with E-state index in [0.717, 1.165) is 30.5 Å². The number of aliphatic carboxylic acids is 1. The normalized spacial score (nSPS) is 18.1. The van der Waals surface area contributed by atoms with Crippen LogP contribution < -0.4 is 5.32 Å². The first kappa shape index (κ1) is 18.9. The van der Waals surface area contributed by atoms with Crippen LogP contribution in [0.25, 0.3) is 0 Å². The van der Waals surface area contributed by atoms with Crippen LogP contribution in [0.15, 0.2) is 42.6 Å². The summed E-state index contributed by atoms with van der Waals surface area (Å²) in [5, 5.41) is 19.1. The Balaban J connectivity index is 1.68. The van der Waals surface area contributed by atoms with Crippen molar-refractivity contribution >= 4 is 12.0 Å². The molecule has 0 bridgehead atoms. The summed E-state index contributed by atoms with van der Waals surface area (Å²) >= 11 is 0. The zero-order valence-corrected chi connectivity index (χ0v) is 15.3. The van der Waals surface area contributed by atoms with E-state index in [0.29, 0.717) is 19.4 Å². The fourth-order valence-electron chi connectivity index (χ4n) is 3.63. The van der Waals surface area contributed by atoms with Crippen molar-refractivity contribution in [1.82, 2.24) is 20.4 Å². The van der Waals surface area contributed by atoms with E-state index in [9.17, 15) is 9.59 Å². The summed E-state index contributed by atoms with van der Waals surface area (Å²) in [6, 6.07) is 11.4. The number of hydrogen-bond donors (Lipinski definition) is 3. The third-order valence-electron chi connectivity index (χ3n) is 5.00. The summed E-state index contributed by atoms with van der Waals surface area (Å²) in [6.45, 7) is 0.687. The van der Waals surface area contributed by atoms with Crippen LogP contribution in [-0.4, -0.2) is 44.8 Å². The summed E-state index contributed by atoms with van der Waals surface area (Å²) in [4.78, 5) is 25.8. The fraction of sp³-hybridized carbons (Fsp3) is 0.450. The van der Waals surface area contributed by atoms with E-state index in [2.05, 4.69) is 15.5 Å². The number of carboxylic acids is 1. The van der Waals surface area contributed by atoms with E-state index in [-0.39, 0.29) is 24.5 Å². The summed E-state index contributed by atoms with van der Waals surface area (Å²) in [5.74, 6) is -0.851. The van der Waals surface area contributed by atoms with Gasteiger partial charge >= 0.3 is 12.0 Å². The second kappa shape index (κ2) is 9.21. The summed E-state index contributed by atoms with van der Waals surface area (Å²) < 4.78 is 0. The van der Waals surface area contributed by atoms with E-state index in [1.165, 1.54) is 0 Å². The molecule has 2 aromatic rings. The molecule has 1 fully saturated rings. The highest BCUT2D eigenvalue weighted by Crippen LogP contribution is 2.29. The number of nitrogens with zero attached hydrogens (tertiary/aromatic N) is 2. The van der Waals surface area contributed by atoms with Crippen LogP contribution in [0.2, 0.25) is 0 Å². The molecule has 0 radical (unpaired) electrons. The quantitative estimate of drug-likeness (QED) is 0.697. The van der Waals surface area contributed by atoms with Crippen LogP contribution in [0.4, 0.5) is 4.79 Å². The molecular weight excluding hydrogens is 344 g/mol. The summed E-state index contributed by atoms with van der Waals surface area (Å²) in [7, 11) is 0. The Kier molecular flexibility index (Phi) is 6.46. The van der Waals surface area contributed by atoms with Gasteiger partial charge in [0.25, 0.3) is 0 Å². The molecule has 1 aromatic carbocycles. The van der Waals surface area contributed by atoms with Gasteiger partial charge in [-0.05, 0) is 43.7 Å². The number of carbonyl (C=O) groups is 2. The number of likely N-dealkylation sites (tertiary alicyclic amines) is 1. The second-order valence-corrected chi connectivity index (χ2v) is 6.99. The van der Waals surface area contributed by atoms with Crippen LogP contribution in [0, 0.1) is 0 Å². The van der Waals surface area contributed by atoms with Gasteiger partial charge in [0, 0.05) is 25.2 Å². The SMILES string of the molecule is O=C(O)CCC(Cc1ccccc1)NC(=O)N1CCCCC1c1ccn[nH]1. The number of urea groups is 1. The number of aromatic nitrogens is 2. The zero-order valence-electron chi connectivity index (χ0n) is 15.3. The second-order valence-electron chi connectivity index (χ2n) is 6.99. The van der Waals surface area contributed by atoms with Crippen LogP contribution in [0.5, 0.6) is 0 Å². The van der Waals surface area contributed by atoms with Crippen molar-refractivity contribution in [2.45, 2.75) is 50.6 Å². The minimum atomic E-state index is -0.851. The number of benzene rings is 1. The standard InChI is InChI=1S/C20H26N4O3/c25-19(26)10-9-16(14-15-6-2-1-3-7-15)22-20(27)24-13-5-4-8-18(24)17-11-12-21-23-17/h1-3,6-7,11-12,16,18H,4-5,8-10,13-14H2,(H,21,23)(H,22,27)(H,25,26). The number of carbonyl (C=O) groups excluding carboxylic acids is 1. The Morgan fingerprint density at radius 2 is 2.07 bits per heavy atom. The minimum absolute atomic E-state index is 0.0156. The van der Waals surface area contributed by atoms with Crippen molar-refractivity contribution in [3.8, 4) is 0 Å². The smallest absolute Gasteiger partial charge is 0.318 e. The molecule has 2 atom stereocenters. The topological polar surface area (TPSA) is 98.3 Å². The lowest BCUT2D eigenvalue weighted by atomic mass is 9.99. The molecule has 2 heterocycles. The highest BCUT2D eigenvalue weighted by atomic mass is 16.4. The molecule has 7 nitrogen and oxygen atoms in total. The van der Waals surface area contributed by atoms with E-state index in [1.807, 2.05) is 41.3 Å². The summed E-state index contributed by atoms with van der Waals surface area (Å²) in [6.07, 6.45) is 5.68. The molecule has 7 heteroatoms. The molecule has 0 saturated carbocycles. The van der Waals surface area contributed by atoms with Crippen LogP contribution in [0.3, 0.4) is 0 Å². The molecule has 0 aliphatic carbocycles. The molecule has 2 amide bonds. The van der Waals surface area contributed by atoms with Crippen molar-refractivity contribution in [1.29, 1.82) is 0 Å². The Hall–Kier alpha value is -2.83. The lowest BCUT2D eigenvalue weighted by Gasteiger charge is -2.36. The van der Waals surface area contributed by atoms with Crippen molar-refractivity contribution in [2.75, 3.05) is 6.54 Å². The van der Waals surface area contributed by atoms with E-state index < -0.39 is 5.97 Å². The molecule has 27 heavy (non-hydrogen) atoms. The maximum atomic E-state index is 13.0. The Bertz CT molecular complexity index is 733. The van der Waals surface area contributed by atoms with Gasteiger partial charge in [0.15, 0.2) is 0 Å². The molecule has 3 N–H and O–H groups in total. The molecule has 144 valence electrons. The van der Waals surface area contributed by atoms with Gasteiger partial charge in [-0.2, -0.15) is 5.10 Å². The van der Waals surface area contributed by atoms with Crippen molar-refractivity contribution in [3.05, 3.63) is 53.9 Å². The van der Waals surface area contributed by atoms with Crippen LogP contribution in [0.1, 0.15) is 49.4 Å². The lowest BCUT2D eigenvalue weighted by Crippen LogP contribution is -2.48. The average molecular weight is 370 g/mol. The average Bonchev–Trinajstić information content (AvgIpc) is 3.21. The van der Waals surface area contributed by atoms with Crippen molar-refractivity contribution in [2.24, 2.45) is 0 Å². The predicted octanol–water partition coefficient (Wildman–Crippen LogP) is 3.12. The first-order valence-corrected chi connectivity index (χ1v) is 9.45. The number of carboxylic acid groups (broad SMARTS) is 1. The zero-order chi connectivity index (χ0) is 19.1. The molecule has 0 spiro atoms. The highest BCUT2D eigenvalue weighted by molar-refractivity contribution is 5.75. The van der Waals surface area contributed by atoms with Crippen LogP contribution >= 0.6 is 0 Å². The Morgan fingerprint density at radius 3 is 2.78 bits per heavy atom. The predicted molar refractivity (Wildman–Crippen MR) is 101 cm³/mol. The monoisotopic (exact) mass is 370 g/mol. The van der Waals surface area contributed by atoms with Crippen LogP contribution in [-0.2, 0) is 11.2 Å². The number of piperidine rings is 1. The third kappa shape index (κ3) is 5.32. The maximum absolute atomic E-state index is 13.0. The molecule has 1 aromatic heterocycles. The fourth-order valence-corrected chi connectivity index (χ4v) is 3.63. The number of nitrogens with one attached hydrogen (secondary N) is 2. The van der Waals surface area contributed by atoms with Gasteiger partial charge in [0.05, 0.1) is 11.7 Å². The molecular formula is C20H26N4O3. The molecule has 1 aliphatic heterocycles. The molecule has 3 rings (SSSR count). The van der Waals surface area contributed by atoms with Gasteiger partial charge in [-0.15, -0.1) is 0 Å². The number of amides is 2. The maximum Gasteiger partial charge on any atom is 0.318 e. The summed E-state index contributed by atoms with van der Waals surface area (Å²) in [5.41, 5.74) is 2.02. The van der Waals surface area contributed by atoms with Gasteiger partial charge in [0.1, 0.15) is 0 Å².